The molecule has 0 radical (unpaired) electrons. The molecule has 4 aromatic rings. The molecule has 39 heavy (non-hydrogen) atoms. The van der Waals surface area contributed by atoms with E-state index in [-0.39, 0.29) is 17.9 Å². The van der Waals surface area contributed by atoms with Crippen molar-refractivity contribution in [2.24, 2.45) is 0 Å². The summed E-state index contributed by atoms with van der Waals surface area (Å²) in [5.41, 5.74) is 5.12. The van der Waals surface area contributed by atoms with Gasteiger partial charge in [-0.05, 0) is 44.4 Å². The summed E-state index contributed by atoms with van der Waals surface area (Å²) in [6.45, 7) is 8.68. The molecule has 2 amide bonds. The minimum absolute atomic E-state index is 0.0637. The Morgan fingerprint density at radius 2 is 1.85 bits per heavy atom. The second kappa shape index (κ2) is 12.2. The monoisotopic (exact) mass is 544 g/mol. The maximum absolute atomic E-state index is 12.8. The van der Waals surface area contributed by atoms with Crippen LogP contribution in [-0.4, -0.2) is 72.8 Å². The van der Waals surface area contributed by atoms with E-state index in [0.29, 0.717) is 44.2 Å². The summed E-state index contributed by atoms with van der Waals surface area (Å²) in [6.07, 6.45) is 2.64. The number of aryl methyl sites for hydroxylation is 1. The van der Waals surface area contributed by atoms with Crippen molar-refractivity contribution in [3.05, 3.63) is 59.7 Å². The number of hydrogen-bond donors (Lipinski definition) is 0. The average molecular weight is 545 g/mol. The first-order valence-corrected chi connectivity index (χ1v) is 14.8. The van der Waals surface area contributed by atoms with Crippen LogP contribution < -0.4 is 0 Å². The van der Waals surface area contributed by atoms with Crippen molar-refractivity contribution in [1.82, 2.24) is 29.5 Å². The Labute approximate surface area is 233 Å². The summed E-state index contributed by atoms with van der Waals surface area (Å²) in [6, 6.07) is 16.8. The minimum Gasteiger partial charge on any atom is -0.339 e. The molecule has 1 saturated heterocycles. The molecule has 1 unspecified atom stereocenters. The van der Waals surface area contributed by atoms with Gasteiger partial charge in [0.1, 0.15) is 5.52 Å². The van der Waals surface area contributed by atoms with Gasteiger partial charge in [0.2, 0.25) is 17.0 Å². The first-order chi connectivity index (χ1) is 18.9. The standard InChI is InChI=1S/C30H36N6O2S/c1-4-9-27(38)35-16-15-34(19-22(35)3)26(37)12-8-17-39-30-31-29-28(32-33-30)24-18-21(2)13-14-25(24)36(29)20-23-10-6-5-7-11-23/h5-7,10-11,13-14,18,22H,4,8-9,12,15-17,19-20H2,1-3H3. The van der Waals surface area contributed by atoms with E-state index in [2.05, 4.69) is 64.2 Å². The highest BCUT2D eigenvalue weighted by atomic mass is 32.2. The smallest absolute Gasteiger partial charge is 0.222 e. The van der Waals surface area contributed by atoms with Crippen molar-refractivity contribution < 1.29 is 9.59 Å². The normalized spacial score (nSPS) is 15.8. The molecule has 5 rings (SSSR count). The van der Waals surface area contributed by atoms with Gasteiger partial charge >= 0.3 is 0 Å². The predicted octanol–water partition coefficient (Wildman–Crippen LogP) is 5.07. The van der Waals surface area contributed by atoms with Crippen LogP contribution in [0.25, 0.3) is 22.1 Å². The summed E-state index contributed by atoms with van der Waals surface area (Å²) >= 11 is 1.54. The predicted molar refractivity (Wildman–Crippen MR) is 156 cm³/mol. The van der Waals surface area contributed by atoms with Crippen LogP contribution in [0.15, 0.2) is 53.7 Å². The lowest BCUT2D eigenvalue weighted by Crippen LogP contribution is -2.55. The molecule has 1 fully saturated rings. The molecule has 3 heterocycles. The molecule has 2 aromatic heterocycles. The number of fused-ring (bicyclic) bond motifs is 3. The Morgan fingerprint density at radius 3 is 2.62 bits per heavy atom. The molecule has 0 aliphatic carbocycles. The van der Waals surface area contributed by atoms with Crippen LogP contribution in [0.1, 0.15) is 50.7 Å². The van der Waals surface area contributed by atoms with Crippen molar-refractivity contribution in [3.8, 4) is 0 Å². The number of nitrogens with zero attached hydrogens (tertiary/aromatic N) is 6. The van der Waals surface area contributed by atoms with Crippen LogP contribution in [0.4, 0.5) is 0 Å². The molecular formula is C30H36N6O2S. The Balaban J connectivity index is 1.22. The van der Waals surface area contributed by atoms with E-state index in [0.717, 1.165) is 40.7 Å². The van der Waals surface area contributed by atoms with Gasteiger partial charge in [0.15, 0.2) is 5.65 Å². The Morgan fingerprint density at radius 1 is 1.03 bits per heavy atom. The molecule has 0 bridgehead atoms. The fourth-order valence-electron chi connectivity index (χ4n) is 5.30. The van der Waals surface area contributed by atoms with Gasteiger partial charge < -0.3 is 14.4 Å². The van der Waals surface area contributed by atoms with Crippen LogP contribution >= 0.6 is 11.8 Å². The highest BCUT2D eigenvalue weighted by Crippen LogP contribution is 2.29. The fourth-order valence-corrected chi connectivity index (χ4v) is 6.02. The van der Waals surface area contributed by atoms with Gasteiger partial charge in [-0.3, -0.25) is 9.59 Å². The molecule has 8 nitrogen and oxygen atoms in total. The van der Waals surface area contributed by atoms with Crippen LogP contribution in [0.3, 0.4) is 0 Å². The second-order valence-electron chi connectivity index (χ2n) is 10.3. The van der Waals surface area contributed by atoms with Gasteiger partial charge in [0.05, 0.1) is 5.52 Å². The number of aromatic nitrogens is 4. The number of hydrogen-bond acceptors (Lipinski definition) is 6. The van der Waals surface area contributed by atoms with Crippen molar-refractivity contribution >= 4 is 45.6 Å². The van der Waals surface area contributed by atoms with Gasteiger partial charge in [-0.25, -0.2) is 4.98 Å². The molecular weight excluding hydrogens is 508 g/mol. The third-order valence-electron chi connectivity index (χ3n) is 7.32. The Hall–Kier alpha value is -3.46. The topological polar surface area (TPSA) is 84.2 Å². The number of amides is 2. The Kier molecular flexibility index (Phi) is 8.45. The quantitative estimate of drug-likeness (QED) is 0.216. The molecule has 1 aliphatic heterocycles. The third-order valence-corrected chi connectivity index (χ3v) is 8.24. The highest BCUT2D eigenvalue weighted by molar-refractivity contribution is 7.99. The number of rotatable bonds is 9. The van der Waals surface area contributed by atoms with E-state index in [4.69, 9.17) is 4.98 Å². The molecule has 2 aromatic carbocycles. The van der Waals surface area contributed by atoms with E-state index in [1.165, 1.54) is 11.1 Å². The van der Waals surface area contributed by atoms with Crippen molar-refractivity contribution in [2.75, 3.05) is 25.4 Å². The van der Waals surface area contributed by atoms with E-state index >= 15 is 0 Å². The summed E-state index contributed by atoms with van der Waals surface area (Å²) < 4.78 is 2.22. The van der Waals surface area contributed by atoms with Crippen LogP contribution in [-0.2, 0) is 16.1 Å². The first kappa shape index (κ1) is 27.1. The van der Waals surface area contributed by atoms with Crippen LogP contribution in [0, 0.1) is 6.92 Å². The van der Waals surface area contributed by atoms with Gasteiger partial charge in [-0.1, -0.05) is 60.6 Å². The number of carbonyl (C=O) groups is 2. The van der Waals surface area contributed by atoms with E-state index in [1.807, 2.05) is 29.7 Å². The number of carbonyl (C=O) groups excluding carboxylic acids is 2. The van der Waals surface area contributed by atoms with Gasteiger partial charge in [0, 0.05) is 56.2 Å². The lowest BCUT2D eigenvalue weighted by Gasteiger charge is -2.40. The van der Waals surface area contributed by atoms with Crippen molar-refractivity contribution in [3.63, 3.8) is 0 Å². The zero-order valence-electron chi connectivity index (χ0n) is 23.0. The molecule has 0 N–H and O–H groups in total. The van der Waals surface area contributed by atoms with Crippen molar-refractivity contribution in [1.29, 1.82) is 0 Å². The summed E-state index contributed by atoms with van der Waals surface area (Å²) in [5.74, 6) is 1.08. The number of benzene rings is 2. The van der Waals surface area contributed by atoms with Gasteiger partial charge in [-0.15, -0.1) is 10.2 Å². The lowest BCUT2D eigenvalue weighted by molar-refractivity contribution is -0.142. The highest BCUT2D eigenvalue weighted by Gasteiger charge is 2.29. The second-order valence-corrected chi connectivity index (χ2v) is 11.4. The molecule has 1 aliphatic rings. The SMILES string of the molecule is CCCC(=O)N1CCN(C(=O)CCCSc2nnc3c4cc(C)ccc4n(Cc4ccccc4)c3n2)CC1C. The Bertz CT molecular complexity index is 1470. The summed E-state index contributed by atoms with van der Waals surface area (Å²) in [7, 11) is 0. The minimum atomic E-state index is 0.0637. The molecule has 0 spiro atoms. The van der Waals surface area contributed by atoms with Gasteiger partial charge in [-0.2, -0.15) is 0 Å². The molecule has 9 heteroatoms. The van der Waals surface area contributed by atoms with Gasteiger partial charge in [0.25, 0.3) is 0 Å². The molecule has 204 valence electrons. The molecule has 1 atom stereocenters. The summed E-state index contributed by atoms with van der Waals surface area (Å²) in [4.78, 5) is 33.9. The van der Waals surface area contributed by atoms with E-state index in [1.54, 1.807) is 11.8 Å². The average Bonchev–Trinajstić information content (AvgIpc) is 3.23. The third kappa shape index (κ3) is 6.08. The number of piperazine rings is 1. The molecule has 0 saturated carbocycles. The fraction of sp³-hybridized carbons (Fsp3) is 0.433. The van der Waals surface area contributed by atoms with E-state index < -0.39 is 0 Å². The van der Waals surface area contributed by atoms with Crippen LogP contribution in [0.5, 0.6) is 0 Å². The number of thioether (sulfide) groups is 1. The zero-order chi connectivity index (χ0) is 27.4. The zero-order valence-corrected chi connectivity index (χ0v) is 23.8. The maximum atomic E-state index is 12.8. The first-order valence-electron chi connectivity index (χ1n) is 13.8. The largest absolute Gasteiger partial charge is 0.339 e. The van der Waals surface area contributed by atoms with E-state index in [9.17, 15) is 9.59 Å². The lowest BCUT2D eigenvalue weighted by atomic mass is 10.1. The van der Waals surface area contributed by atoms with Crippen LogP contribution in [0.2, 0.25) is 0 Å². The van der Waals surface area contributed by atoms with Crippen molar-refractivity contribution in [2.45, 2.75) is 64.2 Å². The summed E-state index contributed by atoms with van der Waals surface area (Å²) in [5, 5.41) is 10.7. The maximum Gasteiger partial charge on any atom is 0.222 e.